The van der Waals surface area contributed by atoms with Gasteiger partial charge in [-0.2, -0.15) is 0 Å². The van der Waals surface area contributed by atoms with Crippen LogP contribution in [0.2, 0.25) is 0 Å². The molecule has 2 aromatic carbocycles. The zero-order chi connectivity index (χ0) is 19.9. The first-order chi connectivity index (χ1) is 13.5. The molecule has 1 aliphatic heterocycles. The number of anilines is 2. The normalized spacial score (nSPS) is 12.9. The second-order valence-corrected chi connectivity index (χ2v) is 6.12. The summed E-state index contributed by atoms with van der Waals surface area (Å²) in [6, 6.07) is 12.3. The van der Waals surface area contributed by atoms with E-state index in [-0.39, 0.29) is 18.4 Å². The molecule has 0 saturated carbocycles. The molecular formula is C20H21N3O5. The molecule has 8 nitrogen and oxygen atoms in total. The van der Waals surface area contributed by atoms with Gasteiger partial charge in [-0.3, -0.25) is 9.59 Å². The Labute approximate surface area is 162 Å². The molecule has 146 valence electrons. The number of oxime groups is 1. The van der Waals surface area contributed by atoms with E-state index in [1.165, 1.54) is 6.92 Å². The molecule has 8 heteroatoms. The van der Waals surface area contributed by atoms with E-state index in [0.717, 1.165) is 5.56 Å². The van der Waals surface area contributed by atoms with Crippen LogP contribution in [0.25, 0.3) is 0 Å². The zero-order valence-electron chi connectivity index (χ0n) is 15.7. The molecule has 2 aromatic rings. The molecule has 1 aliphatic rings. The minimum absolute atomic E-state index is 0.134. The van der Waals surface area contributed by atoms with Crippen molar-refractivity contribution in [1.29, 1.82) is 0 Å². The third kappa shape index (κ3) is 5.23. The summed E-state index contributed by atoms with van der Waals surface area (Å²) in [5.41, 5.74) is 2.72. The number of hydrogen-bond donors (Lipinski definition) is 2. The summed E-state index contributed by atoms with van der Waals surface area (Å²) in [5, 5.41) is 9.37. The number of ether oxygens (including phenoxy) is 2. The quantitative estimate of drug-likeness (QED) is 0.590. The van der Waals surface area contributed by atoms with Crippen molar-refractivity contribution < 1.29 is 23.9 Å². The van der Waals surface area contributed by atoms with Gasteiger partial charge in [-0.1, -0.05) is 17.3 Å². The lowest BCUT2D eigenvalue weighted by Gasteiger charge is -2.18. The third-order valence-electron chi connectivity index (χ3n) is 3.85. The minimum Gasteiger partial charge on any atom is -0.486 e. The van der Waals surface area contributed by atoms with Gasteiger partial charge in [0.15, 0.2) is 18.1 Å². The van der Waals surface area contributed by atoms with E-state index in [9.17, 15) is 9.59 Å². The summed E-state index contributed by atoms with van der Waals surface area (Å²) in [7, 11) is 0. The van der Waals surface area contributed by atoms with Crippen LogP contribution in [0.15, 0.2) is 47.6 Å². The van der Waals surface area contributed by atoms with E-state index in [1.54, 1.807) is 37.3 Å². The Hall–Kier alpha value is -3.55. The number of carbonyl (C=O) groups excluding carboxylic acids is 2. The van der Waals surface area contributed by atoms with Crippen LogP contribution in [0, 0.1) is 0 Å². The van der Waals surface area contributed by atoms with Gasteiger partial charge in [0, 0.05) is 24.4 Å². The maximum atomic E-state index is 12.0. The fourth-order valence-corrected chi connectivity index (χ4v) is 2.56. The second-order valence-electron chi connectivity index (χ2n) is 6.12. The standard InChI is InChI=1S/C20H21N3O5/c1-13(15-3-5-16(6-4-15)21-14(2)24)23-28-12-20(25)22-17-7-8-18-19(11-17)27-10-9-26-18/h3-8,11H,9-10,12H2,1-2H3,(H,21,24)(H,22,25)/b23-13+. The largest absolute Gasteiger partial charge is 0.486 e. The van der Waals surface area contributed by atoms with E-state index in [1.807, 2.05) is 12.1 Å². The first-order valence-electron chi connectivity index (χ1n) is 8.75. The molecule has 0 bridgehead atoms. The van der Waals surface area contributed by atoms with Crippen molar-refractivity contribution in [3.63, 3.8) is 0 Å². The number of hydrogen-bond acceptors (Lipinski definition) is 6. The van der Waals surface area contributed by atoms with E-state index in [2.05, 4.69) is 15.8 Å². The molecule has 2 N–H and O–H groups in total. The molecule has 0 radical (unpaired) electrons. The number of carbonyl (C=O) groups is 2. The van der Waals surface area contributed by atoms with Crippen LogP contribution in [0.4, 0.5) is 11.4 Å². The van der Waals surface area contributed by atoms with Crippen LogP contribution in [-0.2, 0) is 14.4 Å². The Bertz CT molecular complexity index is 893. The van der Waals surface area contributed by atoms with Crippen LogP contribution in [-0.4, -0.2) is 37.3 Å². The van der Waals surface area contributed by atoms with Crippen molar-refractivity contribution in [1.82, 2.24) is 0 Å². The highest BCUT2D eigenvalue weighted by Crippen LogP contribution is 2.32. The summed E-state index contributed by atoms with van der Waals surface area (Å²) in [6.07, 6.45) is 0. The highest BCUT2D eigenvalue weighted by Gasteiger charge is 2.13. The molecule has 0 unspecified atom stereocenters. The van der Waals surface area contributed by atoms with E-state index in [4.69, 9.17) is 14.3 Å². The number of amides is 2. The highest BCUT2D eigenvalue weighted by molar-refractivity contribution is 5.99. The van der Waals surface area contributed by atoms with Crippen LogP contribution < -0.4 is 20.1 Å². The predicted octanol–water partition coefficient (Wildman–Crippen LogP) is 2.80. The van der Waals surface area contributed by atoms with Gasteiger partial charge in [0.2, 0.25) is 5.91 Å². The lowest BCUT2D eigenvalue weighted by molar-refractivity contribution is -0.120. The Morgan fingerprint density at radius 3 is 2.36 bits per heavy atom. The van der Waals surface area contributed by atoms with E-state index >= 15 is 0 Å². The monoisotopic (exact) mass is 383 g/mol. The molecule has 0 aliphatic carbocycles. The van der Waals surface area contributed by atoms with Gasteiger partial charge in [0.25, 0.3) is 5.91 Å². The maximum Gasteiger partial charge on any atom is 0.265 e. The van der Waals surface area contributed by atoms with Gasteiger partial charge >= 0.3 is 0 Å². The fourth-order valence-electron chi connectivity index (χ4n) is 2.56. The Morgan fingerprint density at radius 1 is 0.964 bits per heavy atom. The molecule has 2 amide bonds. The maximum absolute atomic E-state index is 12.0. The van der Waals surface area contributed by atoms with Crippen LogP contribution in [0.1, 0.15) is 19.4 Å². The average Bonchev–Trinajstić information content (AvgIpc) is 2.68. The molecule has 28 heavy (non-hydrogen) atoms. The minimum atomic E-state index is -0.339. The van der Waals surface area contributed by atoms with Gasteiger partial charge < -0.3 is 24.9 Å². The van der Waals surface area contributed by atoms with Gasteiger partial charge in [-0.05, 0) is 36.8 Å². The molecule has 0 spiro atoms. The second kappa shape index (κ2) is 8.90. The number of benzene rings is 2. The smallest absolute Gasteiger partial charge is 0.265 e. The van der Waals surface area contributed by atoms with Crippen LogP contribution in [0.3, 0.4) is 0 Å². The lowest BCUT2D eigenvalue weighted by Crippen LogP contribution is -2.18. The average molecular weight is 383 g/mol. The van der Waals surface area contributed by atoms with Crippen molar-refractivity contribution in [3.05, 3.63) is 48.0 Å². The summed E-state index contributed by atoms with van der Waals surface area (Å²) < 4.78 is 10.9. The number of nitrogens with zero attached hydrogens (tertiary/aromatic N) is 1. The Morgan fingerprint density at radius 2 is 1.64 bits per heavy atom. The molecule has 1 heterocycles. The molecule has 0 saturated heterocycles. The van der Waals surface area contributed by atoms with Crippen molar-refractivity contribution in [2.75, 3.05) is 30.5 Å². The number of fused-ring (bicyclic) bond motifs is 1. The van der Waals surface area contributed by atoms with Gasteiger partial charge in [-0.25, -0.2) is 0 Å². The van der Waals surface area contributed by atoms with Crippen molar-refractivity contribution in [2.45, 2.75) is 13.8 Å². The first kappa shape index (κ1) is 19.2. The molecule has 0 fully saturated rings. The predicted molar refractivity (Wildman–Crippen MR) is 105 cm³/mol. The summed E-state index contributed by atoms with van der Waals surface area (Å²) in [5.74, 6) is 0.784. The van der Waals surface area contributed by atoms with Crippen molar-refractivity contribution >= 4 is 28.9 Å². The molecule has 0 atom stereocenters. The first-order valence-corrected chi connectivity index (χ1v) is 8.75. The van der Waals surface area contributed by atoms with Gasteiger partial charge in [-0.15, -0.1) is 0 Å². The van der Waals surface area contributed by atoms with Crippen molar-refractivity contribution in [3.8, 4) is 11.5 Å². The van der Waals surface area contributed by atoms with Gasteiger partial charge in [0.05, 0.1) is 5.71 Å². The zero-order valence-corrected chi connectivity index (χ0v) is 15.7. The van der Waals surface area contributed by atoms with E-state index in [0.29, 0.717) is 41.8 Å². The van der Waals surface area contributed by atoms with Crippen LogP contribution in [0.5, 0.6) is 11.5 Å². The molecular weight excluding hydrogens is 362 g/mol. The fraction of sp³-hybridized carbons (Fsp3) is 0.250. The topological polar surface area (TPSA) is 98.2 Å². The number of rotatable bonds is 6. The Balaban J connectivity index is 1.50. The third-order valence-corrected chi connectivity index (χ3v) is 3.85. The highest BCUT2D eigenvalue weighted by atomic mass is 16.6. The lowest BCUT2D eigenvalue weighted by atomic mass is 10.1. The SMILES string of the molecule is CC(=O)Nc1ccc(/C(C)=N/OCC(=O)Nc2ccc3c(c2)OCCO3)cc1. The molecule has 3 rings (SSSR count). The summed E-state index contributed by atoms with van der Waals surface area (Å²) >= 11 is 0. The summed E-state index contributed by atoms with van der Waals surface area (Å²) in [6.45, 7) is 3.99. The number of nitrogens with one attached hydrogen (secondary N) is 2. The summed E-state index contributed by atoms with van der Waals surface area (Å²) in [4.78, 5) is 28.2. The van der Waals surface area contributed by atoms with Crippen LogP contribution >= 0.6 is 0 Å². The molecule has 0 aromatic heterocycles. The Kier molecular flexibility index (Phi) is 6.11. The van der Waals surface area contributed by atoms with Crippen molar-refractivity contribution in [2.24, 2.45) is 5.16 Å². The van der Waals surface area contributed by atoms with E-state index < -0.39 is 0 Å². The van der Waals surface area contributed by atoms with Gasteiger partial charge in [0.1, 0.15) is 13.2 Å².